The fourth-order valence-electron chi connectivity index (χ4n) is 2.61. The number of fused-ring (bicyclic) bond motifs is 1. The number of hydrogen-bond donors (Lipinski definition) is 0. The predicted octanol–water partition coefficient (Wildman–Crippen LogP) is 6.03. The first-order valence-electron chi connectivity index (χ1n) is 7.15. The number of aryl methyl sites for hydroxylation is 1. The summed E-state index contributed by atoms with van der Waals surface area (Å²) in [7, 11) is 0. The summed E-state index contributed by atoms with van der Waals surface area (Å²) in [5.74, 6) is -8.62. The fourth-order valence-corrected chi connectivity index (χ4v) is 2.61. The standard InChI is InChI=1S/C19H14F4/c1-13-9-11-15(12-10-13)18(20,21)19(22,23)17-8-4-6-14-5-2-3-7-16(14)17/h2-12H,1H3. The van der Waals surface area contributed by atoms with E-state index in [1.807, 2.05) is 0 Å². The molecule has 0 aliphatic carbocycles. The molecule has 0 amide bonds. The summed E-state index contributed by atoms with van der Waals surface area (Å²) in [5.41, 5.74) is -0.625. The Hall–Kier alpha value is -2.36. The van der Waals surface area contributed by atoms with Crippen molar-refractivity contribution in [3.8, 4) is 0 Å². The van der Waals surface area contributed by atoms with Gasteiger partial charge in [-0.15, -0.1) is 0 Å². The molecule has 0 aromatic heterocycles. The van der Waals surface area contributed by atoms with Crippen LogP contribution in [0.15, 0.2) is 66.7 Å². The van der Waals surface area contributed by atoms with Crippen molar-refractivity contribution in [2.45, 2.75) is 18.8 Å². The largest absolute Gasteiger partial charge is 0.340 e. The monoisotopic (exact) mass is 318 g/mol. The second-order valence-corrected chi connectivity index (χ2v) is 5.54. The molecule has 0 fully saturated rings. The second kappa shape index (κ2) is 5.37. The average molecular weight is 318 g/mol. The molecule has 23 heavy (non-hydrogen) atoms. The third-order valence-corrected chi connectivity index (χ3v) is 3.94. The van der Waals surface area contributed by atoms with Crippen LogP contribution in [0.3, 0.4) is 0 Å². The van der Waals surface area contributed by atoms with Gasteiger partial charge < -0.3 is 0 Å². The minimum atomic E-state index is -4.32. The summed E-state index contributed by atoms with van der Waals surface area (Å²) < 4.78 is 58.5. The molecular formula is C19H14F4. The molecule has 0 unspecified atom stereocenters. The van der Waals surface area contributed by atoms with Gasteiger partial charge in [0.15, 0.2) is 0 Å². The highest BCUT2D eigenvalue weighted by molar-refractivity contribution is 5.86. The molecule has 0 saturated carbocycles. The lowest BCUT2D eigenvalue weighted by Crippen LogP contribution is -2.35. The Morgan fingerprint density at radius 1 is 0.652 bits per heavy atom. The first-order valence-corrected chi connectivity index (χ1v) is 7.15. The molecular weight excluding hydrogens is 304 g/mol. The Balaban J connectivity index is 2.17. The number of rotatable bonds is 3. The molecule has 118 valence electrons. The SMILES string of the molecule is Cc1ccc(C(F)(F)C(F)(F)c2cccc3ccccc23)cc1. The maximum absolute atomic E-state index is 14.7. The fraction of sp³-hybridized carbons (Fsp3) is 0.158. The average Bonchev–Trinajstić information content (AvgIpc) is 2.54. The lowest BCUT2D eigenvalue weighted by Gasteiger charge is -2.28. The predicted molar refractivity (Wildman–Crippen MR) is 82.9 cm³/mol. The van der Waals surface area contributed by atoms with Crippen LogP contribution in [0, 0.1) is 6.92 Å². The van der Waals surface area contributed by atoms with Gasteiger partial charge in [-0.25, -0.2) is 0 Å². The van der Waals surface area contributed by atoms with Gasteiger partial charge in [-0.05, 0) is 17.7 Å². The van der Waals surface area contributed by atoms with Crippen molar-refractivity contribution < 1.29 is 17.6 Å². The molecule has 0 atom stereocenters. The number of halogens is 4. The Kier molecular flexibility index (Phi) is 3.63. The van der Waals surface area contributed by atoms with Crippen molar-refractivity contribution in [1.82, 2.24) is 0 Å². The Morgan fingerprint density at radius 2 is 1.26 bits per heavy atom. The molecule has 0 saturated heterocycles. The molecule has 3 aromatic carbocycles. The number of benzene rings is 3. The van der Waals surface area contributed by atoms with Crippen molar-refractivity contribution in [3.63, 3.8) is 0 Å². The number of alkyl halides is 4. The van der Waals surface area contributed by atoms with Gasteiger partial charge in [0.2, 0.25) is 0 Å². The zero-order chi connectivity index (χ0) is 16.7. The summed E-state index contributed by atoms with van der Waals surface area (Å²) in [6.07, 6.45) is 0. The molecule has 0 spiro atoms. The molecule has 0 aliphatic rings. The molecule has 0 aliphatic heterocycles. The zero-order valence-corrected chi connectivity index (χ0v) is 12.4. The summed E-state index contributed by atoms with van der Waals surface area (Å²) in [6.45, 7) is 1.71. The highest BCUT2D eigenvalue weighted by atomic mass is 19.3. The maximum Gasteiger partial charge on any atom is 0.340 e. The summed E-state index contributed by atoms with van der Waals surface area (Å²) in [6, 6.07) is 15.3. The van der Waals surface area contributed by atoms with Crippen LogP contribution in [-0.2, 0) is 11.8 Å². The van der Waals surface area contributed by atoms with E-state index < -0.39 is 23.0 Å². The first-order chi connectivity index (χ1) is 10.8. The molecule has 3 rings (SSSR count). The highest BCUT2D eigenvalue weighted by Crippen LogP contribution is 2.51. The van der Waals surface area contributed by atoms with E-state index in [9.17, 15) is 17.6 Å². The van der Waals surface area contributed by atoms with Crippen LogP contribution in [0.5, 0.6) is 0 Å². The Labute approximate surface area is 131 Å². The van der Waals surface area contributed by atoms with E-state index in [0.29, 0.717) is 5.39 Å². The van der Waals surface area contributed by atoms with Crippen molar-refractivity contribution >= 4 is 10.8 Å². The third-order valence-electron chi connectivity index (χ3n) is 3.94. The van der Waals surface area contributed by atoms with Crippen LogP contribution in [0.2, 0.25) is 0 Å². The Bertz CT molecular complexity index is 830. The van der Waals surface area contributed by atoms with Crippen LogP contribution in [0.1, 0.15) is 16.7 Å². The Morgan fingerprint density at radius 3 is 1.96 bits per heavy atom. The first kappa shape index (κ1) is 15.5. The summed E-state index contributed by atoms with van der Waals surface area (Å²) >= 11 is 0. The normalized spacial score (nSPS) is 12.6. The van der Waals surface area contributed by atoms with Crippen LogP contribution in [-0.4, -0.2) is 0 Å². The van der Waals surface area contributed by atoms with Crippen molar-refractivity contribution in [2.24, 2.45) is 0 Å². The van der Waals surface area contributed by atoms with Gasteiger partial charge in [0.1, 0.15) is 0 Å². The smallest absolute Gasteiger partial charge is 0.194 e. The van der Waals surface area contributed by atoms with Gasteiger partial charge in [0, 0.05) is 11.1 Å². The van der Waals surface area contributed by atoms with E-state index >= 15 is 0 Å². The molecule has 0 radical (unpaired) electrons. The molecule has 3 aromatic rings. The van der Waals surface area contributed by atoms with Gasteiger partial charge in [-0.1, -0.05) is 72.3 Å². The van der Waals surface area contributed by atoms with Gasteiger partial charge in [-0.2, -0.15) is 17.6 Å². The van der Waals surface area contributed by atoms with Crippen LogP contribution >= 0.6 is 0 Å². The van der Waals surface area contributed by atoms with Gasteiger partial charge in [0.25, 0.3) is 0 Å². The van der Waals surface area contributed by atoms with Gasteiger partial charge in [-0.3, -0.25) is 0 Å². The molecule has 0 heterocycles. The quantitative estimate of drug-likeness (QED) is 0.517. The minimum absolute atomic E-state index is 0.131. The topological polar surface area (TPSA) is 0 Å². The van der Waals surface area contributed by atoms with Crippen molar-refractivity contribution in [2.75, 3.05) is 0 Å². The van der Waals surface area contributed by atoms with Gasteiger partial charge >= 0.3 is 11.8 Å². The van der Waals surface area contributed by atoms with E-state index in [4.69, 9.17) is 0 Å². The van der Waals surface area contributed by atoms with Crippen LogP contribution in [0.25, 0.3) is 10.8 Å². The van der Waals surface area contributed by atoms with E-state index in [0.717, 1.165) is 23.8 Å². The van der Waals surface area contributed by atoms with E-state index in [-0.39, 0.29) is 5.39 Å². The van der Waals surface area contributed by atoms with E-state index in [2.05, 4.69) is 0 Å². The van der Waals surface area contributed by atoms with Crippen molar-refractivity contribution in [1.29, 1.82) is 0 Å². The summed E-state index contributed by atoms with van der Waals surface area (Å²) in [5, 5.41) is 0.635. The second-order valence-electron chi connectivity index (χ2n) is 5.54. The van der Waals surface area contributed by atoms with Crippen LogP contribution in [0.4, 0.5) is 17.6 Å². The van der Waals surface area contributed by atoms with E-state index in [1.165, 1.54) is 24.3 Å². The molecule has 4 heteroatoms. The highest BCUT2D eigenvalue weighted by Gasteiger charge is 2.58. The minimum Gasteiger partial charge on any atom is -0.194 e. The molecule has 0 nitrogen and oxygen atoms in total. The lowest BCUT2D eigenvalue weighted by molar-refractivity contribution is -0.223. The summed E-state index contributed by atoms with van der Waals surface area (Å²) in [4.78, 5) is 0. The molecule has 0 bridgehead atoms. The van der Waals surface area contributed by atoms with E-state index in [1.54, 1.807) is 31.2 Å². The molecule has 0 N–H and O–H groups in total. The zero-order valence-electron chi connectivity index (χ0n) is 12.4. The van der Waals surface area contributed by atoms with Crippen LogP contribution < -0.4 is 0 Å². The van der Waals surface area contributed by atoms with Gasteiger partial charge in [0.05, 0.1) is 0 Å². The third kappa shape index (κ3) is 2.48. The maximum atomic E-state index is 14.7. The van der Waals surface area contributed by atoms with Crippen molar-refractivity contribution in [3.05, 3.63) is 83.4 Å². The lowest BCUT2D eigenvalue weighted by atomic mass is 9.92. The number of hydrogen-bond acceptors (Lipinski definition) is 0.